The number of benzene rings is 1. The molecule has 0 bridgehead atoms. The van der Waals surface area contributed by atoms with Crippen LogP contribution in [0.1, 0.15) is 50.4 Å². The lowest BCUT2D eigenvalue weighted by atomic mass is 9.98. The number of nitrogens with one attached hydrogen (secondary N) is 1. The topological polar surface area (TPSA) is 49.4 Å². The molecule has 1 aromatic carbocycles. The second-order valence-corrected chi connectivity index (χ2v) is 6.44. The standard InChI is InChI=1S/C18H26N2O2/c1-13(2)16(18(22)20-12-8-7-9-14(20)3)19-17(21)15-10-5-4-6-11-15/h4-6,10-11,13-14,16H,7-9,12H2,1-3H3,(H,19,21). The zero-order chi connectivity index (χ0) is 16.1. The average Bonchev–Trinajstić information content (AvgIpc) is 2.52. The van der Waals surface area contributed by atoms with Gasteiger partial charge >= 0.3 is 0 Å². The van der Waals surface area contributed by atoms with E-state index in [-0.39, 0.29) is 23.8 Å². The predicted molar refractivity (Wildman–Crippen MR) is 87.6 cm³/mol. The molecule has 2 unspecified atom stereocenters. The van der Waals surface area contributed by atoms with Gasteiger partial charge in [0.15, 0.2) is 0 Å². The van der Waals surface area contributed by atoms with Gasteiger partial charge in [0.25, 0.3) is 5.91 Å². The van der Waals surface area contributed by atoms with Crippen molar-refractivity contribution in [3.05, 3.63) is 35.9 Å². The van der Waals surface area contributed by atoms with E-state index in [1.165, 1.54) is 6.42 Å². The number of carbonyl (C=O) groups excluding carboxylic acids is 2. The van der Waals surface area contributed by atoms with E-state index in [1.807, 2.05) is 36.9 Å². The van der Waals surface area contributed by atoms with Crippen LogP contribution in [-0.2, 0) is 4.79 Å². The van der Waals surface area contributed by atoms with Gasteiger partial charge in [-0.05, 0) is 44.2 Å². The fourth-order valence-corrected chi connectivity index (χ4v) is 2.93. The average molecular weight is 302 g/mol. The third-order valence-electron chi connectivity index (χ3n) is 4.34. The minimum atomic E-state index is -0.465. The van der Waals surface area contributed by atoms with Gasteiger partial charge in [0, 0.05) is 18.2 Å². The van der Waals surface area contributed by atoms with E-state index >= 15 is 0 Å². The largest absolute Gasteiger partial charge is 0.340 e. The summed E-state index contributed by atoms with van der Waals surface area (Å²) in [6.45, 7) is 6.84. The van der Waals surface area contributed by atoms with Crippen molar-refractivity contribution in [1.82, 2.24) is 10.2 Å². The first kappa shape index (κ1) is 16.5. The maximum absolute atomic E-state index is 12.8. The Morgan fingerprint density at radius 3 is 2.45 bits per heavy atom. The van der Waals surface area contributed by atoms with Crippen LogP contribution >= 0.6 is 0 Å². The Labute approximate surface area is 132 Å². The summed E-state index contributed by atoms with van der Waals surface area (Å²) >= 11 is 0. The van der Waals surface area contributed by atoms with Gasteiger partial charge in [-0.15, -0.1) is 0 Å². The first-order valence-electron chi connectivity index (χ1n) is 8.17. The molecule has 2 atom stereocenters. The van der Waals surface area contributed by atoms with Crippen molar-refractivity contribution in [2.45, 2.75) is 52.1 Å². The summed E-state index contributed by atoms with van der Waals surface area (Å²) in [7, 11) is 0. The van der Waals surface area contributed by atoms with E-state index in [2.05, 4.69) is 12.2 Å². The highest BCUT2D eigenvalue weighted by Crippen LogP contribution is 2.19. The van der Waals surface area contributed by atoms with Crippen molar-refractivity contribution in [3.8, 4) is 0 Å². The molecular weight excluding hydrogens is 276 g/mol. The van der Waals surface area contributed by atoms with Gasteiger partial charge in [-0.1, -0.05) is 32.0 Å². The normalized spacial score (nSPS) is 19.8. The van der Waals surface area contributed by atoms with Crippen LogP contribution in [-0.4, -0.2) is 35.3 Å². The van der Waals surface area contributed by atoms with Crippen LogP contribution in [0, 0.1) is 5.92 Å². The Balaban J connectivity index is 2.09. The van der Waals surface area contributed by atoms with E-state index in [0.717, 1.165) is 19.4 Å². The number of hydrogen-bond donors (Lipinski definition) is 1. The van der Waals surface area contributed by atoms with E-state index in [4.69, 9.17) is 0 Å². The smallest absolute Gasteiger partial charge is 0.251 e. The van der Waals surface area contributed by atoms with E-state index in [0.29, 0.717) is 5.56 Å². The van der Waals surface area contributed by atoms with E-state index in [9.17, 15) is 9.59 Å². The SMILES string of the molecule is CC(C)C(NC(=O)c1ccccc1)C(=O)N1CCCCC1C. The summed E-state index contributed by atoms with van der Waals surface area (Å²) in [6, 6.07) is 8.85. The quantitative estimate of drug-likeness (QED) is 0.930. The molecule has 4 nitrogen and oxygen atoms in total. The second-order valence-electron chi connectivity index (χ2n) is 6.44. The lowest BCUT2D eigenvalue weighted by Gasteiger charge is -2.37. The van der Waals surface area contributed by atoms with Gasteiger partial charge in [-0.25, -0.2) is 0 Å². The number of likely N-dealkylation sites (tertiary alicyclic amines) is 1. The summed E-state index contributed by atoms with van der Waals surface area (Å²) in [4.78, 5) is 27.1. The molecule has 1 N–H and O–H groups in total. The molecule has 0 saturated carbocycles. The summed E-state index contributed by atoms with van der Waals surface area (Å²) in [5, 5.41) is 2.92. The number of piperidine rings is 1. The van der Waals surface area contributed by atoms with Gasteiger partial charge in [-0.3, -0.25) is 9.59 Å². The van der Waals surface area contributed by atoms with Gasteiger partial charge in [0.1, 0.15) is 6.04 Å². The monoisotopic (exact) mass is 302 g/mol. The molecule has 2 rings (SSSR count). The first-order valence-corrected chi connectivity index (χ1v) is 8.17. The van der Waals surface area contributed by atoms with Crippen molar-refractivity contribution in [1.29, 1.82) is 0 Å². The first-order chi connectivity index (χ1) is 10.5. The number of nitrogens with zero attached hydrogens (tertiary/aromatic N) is 1. The summed E-state index contributed by atoms with van der Waals surface area (Å²) < 4.78 is 0. The Kier molecular flexibility index (Phi) is 5.58. The van der Waals surface area contributed by atoms with Crippen LogP contribution in [0.3, 0.4) is 0 Å². The van der Waals surface area contributed by atoms with Crippen LogP contribution in [0.25, 0.3) is 0 Å². The Morgan fingerprint density at radius 2 is 1.86 bits per heavy atom. The highest BCUT2D eigenvalue weighted by Gasteiger charge is 2.32. The van der Waals surface area contributed by atoms with Crippen LogP contribution in [0.2, 0.25) is 0 Å². The molecule has 1 aliphatic rings. The molecule has 1 aromatic rings. The molecule has 1 heterocycles. The second kappa shape index (κ2) is 7.43. The molecule has 0 radical (unpaired) electrons. The van der Waals surface area contributed by atoms with Gasteiger partial charge in [0.2, 0.25) is 5.91 Å². The van der Waals surface area contributed by atoms with Crippen molar-refractivity contribution in [2.75, 3.05) is 6.54 Å². The molecule has 22 heavy (non-hydrogen) atoms. The number of hydrogen-bond acceptors (Lipinski definition) is 2. The molecule has 4 heteroatoms. The lowest BCUT2D eigenvalue weighted by molar-refractivity contribution is -0.137. The van der Waals surface area contributed by atoms with Crippen LogP contribution in [0.15, 0.2) is 30.3 Å². The third kappa shape index (κ3) is 3.87. The third-order valence-corrected chi connectivity index (χ3v) is 4.34. The van der Waals surface area contributed by atoms with Crippen LogP contribution in [0.4, 0.5) is 0 Å². The molecule has 120 valence electrons. The molecule has 0 spiro atoms. The fraction of sp³-hybridized carbons (Fsp3) is 0.556. The number of carbonyl (C=O) groups is 2. The molecule has 1 aliphatic heterocycles. The maximum atomic E-state index is 12.8. The Hall–Kier alpha value is -1.84. The minimum absolute atomic E-state index is 0.0477. The van der Waals surface area contributed by atoms with E-state index < -0.39 is 6.04 Å². The molecule has 1 saturated heterocycles. The van der Waals surface area contributed by atoms with Crippen molar-refractivity contribution in [2.24, 2.45) is 5.92 Å². The predicted octanol–water partition coefficient (Wildman–Crippen LogP) is 2.84. The molecule has 2 amide bonds. The van der Waals surface area contributed by atoms with Crippen molar-refractivity contribution >= 4 is 11.8 Å². The van der Waals surface area contributed by atoms with Crippen LogP contribution < -0.4 is 5.32 Å². The minimum Gasteiger partial charge on any atom is -0.340 e. The Morgan fingerprint density at radius 1 is 1.18 bits per heavy atom. The summed E-state index contributed by atoms with van der Waals surface area (Å²) in [6.07, 6.45) is 3.27. The molecule has 1 fully saturated rings. The maximum Gasteiger partial charge on any atom is 0.251 e. The fourth-order valence-electron chi connectivity index (χ4n) is 2.93. The van der Waals surface area contributed by atoms with Crippen LogP contribution in [0.5, 0.6) is 0 Å². The highest BCUT2D eigenvalue weighted by atomic mass is 16.2. The molecule has 0 aliphatic carbocycles. The van der Waals surface area contributed by atoms with Crippen molar-refractivity contribution < 1.29 is 9.59 Å². The van der Waals surface area contributed by atoms with Gasteiger partial charge < -0.3 is 10.2 Å². The molecule has 0 aromatic heterocycles. The summed E-state index contributed by atoms with van der Waals surface area (Å²) in [5.41, 5.74) is 0.590. The zero-order valence-corrected chi connectivity index (χ0v) is 13.7. The number of rotatable bonds is 4. The van der Waals surface area contributed by atoms with Gasteiger partial charge in [-0.2, -0.15) is 0 Å². The van der Waals surface area contributed by atoms with Gasteiger partial charge in [0.05, 0.1) is 0 Å². The number of amides is 2. The summed E-state index contributed by atoms with van der Waals surface area (Å²) in [5.74, 6) is -0.0712. The van der Waals surface area contributed by atoms with Crippen molar-refractivity contribution in [3.63, 3.8) is 0 Å². The molecular formula is C18H26N2O2. The highest BCUT2D eigenvalue weighted by molar-refractivity contribution is 5.97. The zero-order valence-electron chi connectivity index (χ0n) is 13.7. The Bertz CT molecular complexity index is 513. The lowest BCUT2D eigenvalue weighted by Crippen LogP contribution is -2.54. The van der Waals surface area contributed by atoms with E-state index in [1.54, 1.807) is 12.1 Å².